The highest BCUT2D eigenvalue weighted by Gasteiger charge is 2.19. The molecule has 0 spiro atoms. The maximum atomic E-state index is 12.0. The van der Waals surface area contributed by atoms with Crippen molar-refractivity contribution in [3.05, 3.63) is 29.5 Å². The Morgan fingerprint density at radius 2 is 2.21 bits per heavy atom. The molecular formula is C10H12N4O3S2. The van der Waals surface area contributed by atoms with Gasteiger partial charge in [-0.1, -0.05) is 0 Å². The molecule has 0 aromatic carbocycles. The Bertz CT molecular complexity index is 688. The minimum absolute atomic E-state index is 0.0433. The van der Waals surface area contributed by atoms with E-state index in [1.54, 1.807) is 18.6 Å². The number of aryl methyl sites for hydroxylation is 1. The molecule has 2 aromatic heterocycles. The van der Waals surface area contributed by atoms with Crippen LogP contribution in [0.4, 0.5) is 5.13 Å². The van der Waals surface area contributed by atoms with Gasteiger partial charge in [-0.3, -0.25) is 10.1 Å². The van der Waals surface area contributed by atoms with E-state index in [9.17, 15) is 13.2 Å². The Balaban J connectivity index is 2.29. The standard InChI is InChI=1S/C10H12N4O3S2/c1-11-19(16,17)7-5-8(14(2)6-7)9(15)13-10-12-3-4-18-10/h3-6,11H,1-2H3,(H,12,13,15). The average Bonchev–Trinajstić information content (AvgIpc) is 2.98. The largest absolute Gasteiger partial charge is 0.345 e. The summed E-state index contributed by atoms with van der Waals surface area (Å²) in [6.45, 7) is 0. The van der Waals surface area contributed by atoms with Gasteiger partial charge in [-0.2, -0.15) is 0 Å². The number of sulfonamides is 1. The highest BCUT2D eigenvalue weighted by Crippen LogP contribution is 2.16. The van der Waals surface area contributed by atoms with Crippen LogP contribution in [0.2, 0.25) is 0 Å². The van der Waals surface area contributed by atoms with E-state index in [-0.39, 0.29) is 10.6 Å². The first-order chi connectivity index (χ1) is 8.94. The van der Waals surface area contributed by atoms with Crippen molar-refractivity contribution in [2.75, 3.05) is 12.4 Å². The number of nitrogens with one attached hydrogen (secondary N) is 2. The minimum atomic E-state index is -3.56. The molecule has 0 saturated heterocycles. The molecule has 0 bridgehead atoms. The van der Waals surface area contributed by atoms with E-state index in [2.05, 4.69) is 15.0 Å². The Kier molecular flexibility index (Phi) is 3.69. The van der Waals surface area contributed by atoms with Crippen molar-refractivity contribution in [3.8, 4) is 0 Å². The zero-order chi connectivity index (χ0) is 14.0. The van der Waals surface area contributed by atoms with E-state index in [0.29, 0.717) is 5.13 Å². The summed E-state index contributed by atoms with van der Waals surface area (Å²) in [5, 5.41) is 4.79. The predicted molar refractivity (Wildman–Crippen MR) is 71.7 cm³/mol. The fourth-order valence-corrected chi connectivity index (χ4v) is 2.79. The summed E-state index contributed by atoms with van der Waals surface area (Å²) in [6.07, 6.45) is 2.95. The molecule has 0 aliphatic carbocycles. The zero-order valence-corrected chi connectivity index (χ0v) is 11.9. The Labute approximate surface area is 114 Å². The van der Waals surface area contributed by atoms with Crippen molar-refractivity contribution in [1.29, 1.82) is 0 Å². The lowest BCUT2D eigenvalue weighted by molar-refractivity contribution is 0.101. The lowest BCUT2D eigenvalue weighted by atomic mass is 10.4. The normalized spacial score (nSPS) is 11.5. The smallest absolute Gasteiger partial charge is 0.274 e. The third-order valence-electron chi connectivity index (χ3n) is 2.44. The van der Waals surface area contributed by atoms with Crippen LogP contribution in [0, 0.1) is 0 Å². The van der Waals surface area contributed by atoms with Crippen molar-refractivity contribution in [2.45, 2.75) is 4.90 Å². The quantitative estimate of drug-likeness (QED) is 0.866. The van der Waals surface area contributed by atoms with Gasteiger partial charge < -0.3 is 4.57 Å². The highest BCUT2D eigenvalue weighted by atomic mass is 32.2. The van der Waals surface area contributed by atoms with Crippen LogP contribution in [0.1, 0.15) is 10.5 Å². The van der Waals surface area contributed by atoms with Crippen molar-refractivity contribution in [3.63, 3.8) is 0 Å². The third kappa shape index (κ3) is 2.83. The fourth-order valence-electron chi connectivity index (χ4n) is 1.47. The molecule has 2 aromatic rings. The molecule has 2 heterocycles. The predicted octanol–water partition coefficient (Wildman–Crippen LogP) is 0.642. The Morgan fingerprint density at radius 3 is 2.79 bits per heavy atom. The van der Waals surface area contributed by atoms with Gasteiger partial charge >= 0.3 is 0 Å². The average molecular weight is 300 g/mol. The number of thiazole rings is 1. The maximum absolute atomic E-state index is 12.0. The summed E-state index contributed by atoms with van der Waals surface area (Å²) in [5.74, 6) is -0.407. The summed E-state index contributed by atoms with van der Waals surface area (Å²) in [7, 11) is -0.640. The van der Waals surface area contributed by atoms with Crippen molar-refractivity contribution in [1.82, 2.24) is 14.3 Å². The lowest BCUT2D eigenvalue weighted by Gasteiger charge is -2.01. The van der Waals surface area contributed by atoms with Crippen molar-refractivity contribution < 1.29 is 13.2 Å². The molecule has 2 rings (SSSR count). The van der Waals surface area contributed by atoms with Crippen LogP contribution in [-0.2, 0) is 17.1 Å². The van der Waals surface area contributed by atoms with Crippen LogP contribution >= 0.6 is 11.3 Å². The maximum Gasteiger partial charge on any atom is 0.274 e. The molecule has 0 fully saturated rings. The van der Waals surface area contributed by atoms with E-state index in [4.69, 9.17) is 0 Å². The molecule has 2 N–H and O–H groups in total. The van der Waals surface area contributed by atoms with Crippen molar-refractivity contribution >= 4 is 32.4 Å². The van der Waals surface area contributed by atoms with Gasteiger partial charge in [0.05, 0.1) is 0 Å². The summed E-state index contributed by atoms with van der Waals surface area (Å²) in [6, 6.07) is 1.31. The molecule has 0 aliphatic rings. The zero-order valence-electron chi connectivity index (χ0n) is 10.2. The van der Waals surface area contributed by atoms with Gasteiger partial charge in [0.25, 0.3) is 5.91 Å². The summed E-state index contributed by atoms with van der Waals surface area (Å²) < 4.78 is 26.9. The van der Waals surface area contributed by atoms with Crippen LogP contribution in [0.15, 0.2) is 28.7 Å². The molecule has 9 heteroatoms. The van der Waals surface area contributed by atoms with Crippen LogP contribution in [0.25, 0.3) is 0 Å². The summed E-state index contributed by atoms with van der Waals surface area (Å²) in [4.78, 5) is 16.0. The second-order valence-corrected chi connectivity index (χ2v) is 6.45. The SMILES string of the molecule is CNS(=O)(=O)c1cc(C(=O)Nc2nccs2)n(C)c1. The number of amides is 1. The lowest BCUT2D eigenvalue weighted by Crippen LogP contribution is -2.18. The van der Waals surface area contributed by atoms with E-state index >= 15 is 0 Å². The topological polar surface area (TPSA) is 93.1 Å². The summed E-state index contributed by atoms with van der Waals surface area (Å²) >= 11 is 1.29. The number of aromatic nitrogens is 2. The second-order valence-electron chi connectivity index (χ2n) is 3.67. The molecule has 0 unspecified atom stereocenters. The number of carbonyl (C=O) groups excluding carboxylic acids is 1. The van der Waals surface area contributed by atoms with Gasteiger partial charge in [0.2, 0.25) is 10.0 Å². The third-order valence-corrected chi connectivity index (χ3v) is 4.51. The number of rotatable bonds is 4. The highest BCUT2D eigenvalue weighted by molar-refractivity contribution is 7.89. The van der Waals surface area contributed by atoms with Gasteiger partial charge in [0.1, 0.15) is 10.6 Å². The molecule has 0 atom stereocenters. The van der Waals surface area contributed by atoms with Crippen LogP contribution in [-0.4, -0.2) is 30.9 Å². The van der Waals surface area contributed by atoms with Crippen LogP contribution < -0.4 is 10.0 Å². The second kappa shape index (κ2) is 5.11. The first-order valence-corrected chi connectivity index (χ1v) is 7.61. The van der Waals surface area contributed by atoms with Crippen LogP contribution in [0.3, 0.4) is 0 Å². The van der Waals surface area contributed by atoms with Gasteiger partial charge in [0.15, 0.2) is 5.13 Å². The number of nitrogens with zero attached hydrogens (tertiary/aromatic N) is 2. The number of hydrogen-bond donors (Lipinski definition) is 2. The molecule has 102 valence electrons. The first-order valence-electron chi connectivity index (χ1n) is 5.25. The molecule has 19 heavy (non-hydrogen) atoms. The number of hydrogen-bond acceptors (Lipinski definition) is 5. The van der Waals surface area contributed by atoms with Crippen LogP contribution in [0.5, 0.6) is 0 Å². The van der Waals surface area contributed by atoms with Gasteiger partial charge in [-0.05, 0) is 13.1 Å². The molecule has 0 saturated carbocycles. The monoisotopic (exact) mass is 300 g/mol. The van der Waals surface area contributed by atoms with Gasteiger partial charge in [-0.25, -0.2) is 18.1 Å². The minimum Gasteiger partial charge on any atom is -0.345 e. The van der Waals surface area contributed by atoms with E-state index < -0.39 is 15.9 Å². The molecule has 0 aliphatic heterocycles. The summed E-state index contributed by atoms with van der Waals surface area (Å²) in [5.41, 5.74) is 0.240. The molecule has 1 amide bonds. The molecule has 0 radical (unpaired) electrons. The number of carbonyl (C=O) groups is 1. The van der Waals surface area contributed by atoms with Crippen molar-refractivity contribution in [2.24, 2.45) is 7.05 Å². The van der Waals surface area contributed by atoms with Gasteiger partial charge in [-0.15, -0.1) is 11.3 Å². The Hall–Kier alpha value is -1.71. The first kappa shape index (κ1) is 13.7. The van der Waals surface area contributed by atoms with Gasteiger partial charge in [0, 0.05) is 24.8 Å². The van der Waals surface area contributed by atoms with E-state index in [0.717, 1.165) is 0 Å². The molecule has 7 nitrogen and oxygen atoms in total. The van der Waals surface area contributed by atoms with E-state index in [1.165, 1.54) is 35.2 Å². The van der Waals surface area contributed by atoms with E-state index in [1.807, 2.05) is 0 Å². The molecular weight excluding hydrogens is 288 g/mol. The number of anilines is 1. The fraction of sp³-hybridized carbons (Fsp3) is 0.200. The Morgan fingerprint density at radius 1 is 1.47 bits per heavy atom.